The van der Waals surface area contributed by atoms with Gasteiger partial charge in [0.2, 0.25) is 5.82 Å². The molecule has 3 rings (SSSR count). The summed E-state index contributed by atoms with van der Waals surface area (Å²) in [5.74, 6) is 0.978. The topological polar surface area (TPSA) is 9.23 Å². The number of benzene rings is 3. The monoisotopic (exact) mass is 370 g/mol. The van der Waals surface area contributed by atoms with E-state index in [1.165, 1.54) is 30.3 Å². The molecule has 0 heterocycles. The lowest BCUT2D eigenvalue weighted by Crippen LogP contribution is -1.99. The van der Waals surface area contributed by atoms with Crippen molar-refractivity contribution in [2.75, 3.05) is 6.61 Å². The first kappa shape index (κ1) is 18.5. The Morgan fingerprint density at radius 2 is 1.70 bits per heavy atom. The van der Waals surface area contributed by atoms with Gasteiger partial charge >= 0.3 is 0 Å². The van der Waals surface area contributed by atoms with Gasteiger partial charge in [-0.25, -0.2) is 13.2 Å². The first-order valence-corrected chi connectivity index (χ1v) is 8.13. The maximum Gasteiger partial charge on any atom is 0.201 e. The minimum atomic E-state index is -1.11. The summed E-state index contributed by atoms with van der Waals surface area (Å²) < 4.78 is 60.3. The van der Waals surface area contributed by atoms with Gasteiger partial charge < -0.3 is 4.74 Å². The van der Waals surface area contributed by atoms with Crippen LogP contribution < -0.4 is 4.74 Å². The van der Waals surface area contributed by atoms with E-state index in [0.29, 0.717) is 10.9 Å². The molecule has 0 spiro atoms. The number of allylic oxidation sites excluding steroid dienone is 1. The van der Waals surface area contributed by atoms with E-state index in [0.717, 1.165) is 6.07 Å². The number of rotatable bonds is 3. The third-order valence-electron chi connectivity index (χ3n) is 3.87. The molecule has 0 atom stereocenters. The fourth-order valence-electron chi connectivity index (χ4n) is 2.46. The number of hydrogen-bond donors (Lipinski definition) is 0. The molecule has 3 aromatic rings. The molecule has 0 N–H and O–H groups in total. The molecule has 1 nitrogen and oxygen atoms in total. The van der Waals surface area contributed by atoms with Gasteiger partial charge in [-0.05, 0) is 42.6 Å². The van der Waals surface area contributed by atoms with Crippen molar-refractivity contribution >= 4 is 10.8 Å². The highest BCUT2D eigenvalue weighted by Gasteiger charge is 2.13. The number of ether oxygens (including phenoxy) is 1. The van der Waals surface area contributed by atoms with E-state index in [-0.39, 0.29) is 23.3 Å². The maximum atomic E-state index is 14.2. The van der Waals surface area contributed by atoms with Crippen molar-refractivity contribution in [3.05, 3.63) is 89.0 Å². The molecular weight excluding hydrogens is 356 g/mol. The first-order valence-electron chi connectivity index (χ1n) is 8.13. The van der Waals surface area contributed by atoms with Crippen molar-refractivity contribution in [2.45, 2.75) is 6.92 Å². The van der Waals surface area contributed by atoms with Gasteiger partial charge in [0.25, 0.3) is 0 Å². The van der Waals surface area contributed by atoms with E-state index >= 15 is 0 Å². The summed E-state index contributed by atoms with van der Waals surface area (Å²) in [5.41, 5.74) is 0.331. The Hall–Kier alpha value is -3.26. The van der Waals surface area contributed by atoms with Crippen LogP contribution in [0.3, 0.4) is 0 Å². The normalized spacial score (nSPS) is 10.9. The molecule has 0 fully saturated rings. The van der Waals surface area contributed by atoms with Gasteiger partial charge in [0.1, 0.15) is 6.61 Å². The summed E-state index contributed by atoms with van der Waals surface area (Å²) in [4.78, 5) is 0. The van der Waals surface area contributed by atoms with Gasteiger partial charge in [-0.15, -0.1) is 0 Å². The van der Waals surface area contributed by atoms with E-state index < -0.39 is 23.3 Å². The quantitative estimate of drug-likeness (QED) is 0.324. The zero-order chi connectivity index (χ0) is 19.4. The summed E-state index contributed by atoms with van der Waals surface area (Å²) in [7, 11) is 0. The van der Waals surface area contributed by atoms with Crippen LogP contribution >= 0.6 is 0 Å². The molecule has 0 radical (unpaired) electrons. The molecule has 27 heavy (non-hydrogen) atoms. The largest absolute Gasteiger partial charge is 0.486 e. The number of fused-ring (bicyclic) bond motifs is 1. The molecule has 0 amide bonds. The van der Waals surface area contributed by atoms with Crippen LogP contribution in [-0.4, -0.2) is 6.61 Å². The van der Waals surface area contributed by atoms with Crippen LogP contribution in [0, 0.1) is 35.1 Å². The average Bonchev–Trinajstić information content (AvgIpc) is 2.67. The number of halogens is 4. The third-order valence-corrected chi connectivity index (χ3v) is 3.87. The molecule has 0 aliphatic heterocycles. The van der Waals surface area contributed by atoms with Crippen molar-refractivity contribution in [1.82, 2.24) is 0 Å². The molecule has 0 aromatic heterocycles. The van der Waals surface area contributed by atoms with Crippen LogP contribution in [0.4, 0.5) is 17.6 Å². The molecule has 0 unspecified atom stereocenters. The minimum absolute atomic E-state index is 0.125. The zero-order valence-electron chi connectivity index (χ0n) is 14.3. The lowest BCUT2D eigenvalue weighted by atomic mass is 10.1. The Morgan fingerprint density at radius 1 is 0.889 bits per heavy atom. The molecule has 0 saturated carbocycles. The van der Waals surface area contributed by atoms with Gasteiger partial charge in [-0.3, -0.25) is 0 Å². The Labute approximate surface area is 153 Å². The van der Waals surface area contributed by atoms with Crippen molar-refractivity contribution in [2.24, 2.45) is 0 Å². The Morgan fingerprint density at radius 3 is 2.48 bits per heavy atom. The molecule has 0 bridgehead atoms. The van der Waals surface area contributed by atoms with Crippen LogP contribution in [-0.2, 0) is 0 Å². The minimum Gasteiger partial charge on any atom is -0.486 e. The van der Waals surface area contributed by atoms with Gasteiger partial charge in [-0.1, -0.05) is 36.1 Å². The SMILES string of the molecule is C/C=C/COc1ccc(C#Cc2ccc3c(F)c(F)ccc3c2)c(F)c1F. The van der Waals surface area contributed by atoms with Crippen LogP contribution in [0.2, 0.25) is 0 Å². The second kappa shape index (κ2) is 7.96. The molecule has 136 valence electrons. The van der Waals surface area contributed by atoms with Crippen molar-refractivity contribution < 1.29 is 22.3 Å². The van der Waals surface area contributed by atoms with Crippen LogP contribution in [0.25, 0.3) is 10.8 Å². The fraction of sp³-hybridized carbons (Fsp3) is 0.0909. The van der Waals surface area contributed by atoms with Gasteiger partial charge in [0.05, 0.1) is 5.56 Å². The van der Waals surface area contributed by atoms with Crippen molar-refractivity contribution in [3.63, 3.8) is 0 Å². The van der Waals surface area contributed by atoms with E-state index in [2.05, 4.69) is 11.8 Å². The highest BCUT2D eigenvalue weighted by atomic mass is 19.2. The Balaban J connectivity index is 1.90. The molecule has 3 aromatic carbocycles. The third kappa shape index (κ3) is 3.95. The van der Waals surface area contributed by atoms with Crippen molar-refractivity contribution in [1.29, 1.82) is 0 Å². The summed E-state index contributed by atoms with van der Waals surface area (Å²) in [6, 6.07) is 9.52. The second-order valence-electron chi connectivity index (χ2n) is 5.67. The van der Waals surface area contributed by atoms with Crippen LogP contribution in [0.5, 0.6) is 5.75 Å². The van der Waals surface area contributed by atoms with Gasteiger partial charge in [-0.2, -0.15) is 4.39 Å². The predicted molar refractivity (Wildman–Crippen MR) is 96.5 cm³/mol. The lowest BCUT2D eigenvalue weighted by Gasteiger charge is -2.06. The highest BCUT2D eigenvalue weighted by molar-refractivity contribution is 5.84. The lowest BCUT2D eigenvalue weighted by molar-refractivity contribution is 0.332. The smallest absolute Gasteiger partial charge is 0.201 e. The van der Waals surface area contributed by atoms with Crippen molar-refractivity contribution in [3.8, 4) is 17.6 Å². The highest BCUT2D eigenvalue weighted by Crippen LogP contribution is 2.23. The van der Waals surface area contributed by atoms with Gasteiger partial charge in [0, 0.05) is 10.9 Å². The Kier molecular flexibility index (Phi) is 5.46. The molecule has 5 heteroatoms. The molecular formula is C22H14F4O. The summed E-state index contributed by atoms with van der Waals surface area (Å²) in [5, 5.41) is 0.584. The van der Waals surface area contributed by atoms with Gasteiger partial charge in [0.15, 0.2) is 23.2 Å². The van der Waals surface area contributed by atoms with E-state index in [9.17, 15) is 17.6 Å². The van der Waals surface area contributed by atoms with E-state index in [4.69, 9.17) is 4.74 Å². The van der Waals surface area contributed by atoms with Crippen LogP contribution in [0.15, 0.2) is 54.6 Å². The summed E-state index contributed by atoms with van der Waals surface area (Å²) >= 11 is 0. The number of hydrogen-bond acceptors (Lipinski definition) is 1. The van der Waals surface area contributed by atoms with E-state index in [1.54, 1.807) is 25.1 Å². The maximum absolute atomic E-state index is 14.2. The fourth-order valence-corrected chi connectivity index (χ4v) is 2.46. The summed E-state index contributed by atoms with van der Waals surface area (Å²) in [6.07, 6.45) is 3.40. The standard InChI is InChI=1S/C22H14F4O/c1-2-3-12-27-19-11-8-15(20(24)22(19)26)6-4-14-5-9-17-16(13-14)7-10-18(23)21(17)25/h2-3,5,7-11,13H,12H2,1H3/b3-2+. The Bertz CT molecular complexity index is 1090. The molecule has 0 aliphatic carbocycles. The summed E-state index contributed by atoms with van der Waals surface area (Å²) in [6.45, 7) is 1.92. The van der Waals surface area contributed by atoms with Crippen LogP contribution in [0.1, 0.15) is 18.1 Å². The first-order chi connectivity index (χ1) is 13.0. The molecule has 0 aliphatic rings. The van der Waals surface area contributed by atoms with E-state index in [1.807, 2.05) is 0 Å². The average molecular weight is 370 g/mol. The predicted octanol–water partition coefficient (Wildman–Crippen LogP) is 5.75. The second-order valence-corrected chi connectivity index (χ2v) is 5.67. The zero-order valence-corrected chi connectivity index (χ0v) is 14.3. The molecule has 0 saturated heterocycles.